The van der Waals surface area contributed by atoms with E-state index >= 15 is 0 Å². The van der Waals surface area contributed by atoms with E-state index in [0.29, 0.717) is 25.2 Å². The first-order valence-corrected chi connectivity index (χ1v) is 11.6. The molecule has 2 heterocycles. The Morgan fingerprint density at radius 1 is 1.47 bits per heavy atom. The molecule has 0 unspecified atom stereocenters. The fourth-order valence-corrected chi connectivity index (χ4v) is 4.15. The zero-order chi connectivity index (χ0) is 23.3. The molecule has 3 amide bonds. The molecule has 0 saturated heterocycles. The van der Waals surface area contributed by atoms with Gasteiger partial charge in [-0.15, -0.1) is 0 Å². The Morgan fingerprint density at radius 3 is 2.91 bits per heavy atom. The van der Waals surface area contributed by atoms with Gasteiger partial charge in [0.2, 0.25) is 5.88 Å². The lowest BCUT2D eigenvalue weighted by Gasteiger charge is -2.37. The number of aliphatic hydroxyl groups is 1. The number of aromatic nitrogens is 1. The number of carbonyl (C=O) groups excluding carboxylic acids is 2. The Bertz CT molecular complexity index is 856. The average Bonchev–Trinajstić information content (AvgIpc) is 3.33. The van der Waals surface area contributed by atoms with E-state index < -0.39 is 0 Å². The number of ether oxygens (including phenoxy) is 1. The Labute approximate surface area is 190 Å². The molecule has 0 bridgehead atoms. The van der Waals surface area contributed by atoms with Gasteiger partial charge in [-0.1, -0.05) is 19.9 Å². The van der Waals surface area contributed by atoms with Gasteiger partial charge in [0.1, 0.15) is 11.7 Å². The number of likely N-dealkylation sites (N-methyl/N-ethyl adjacent to an activating group) is 1. The molecule has 8 nitrogen and oxygen atoms in total. The number of rotatable bonds is 7. The Hall–Kier alpha value is -2.61. The van der Waals surface area contributed by atoms with Crippen LogP contribution in [-0.4, -0.2) is 77.3 Å². The summed E-state index contributed by atoms with van der Waals surface area (Å²) in [5.41, 5.74) is 2.55. The first kappa shape index (κ1) is 24.0. The predicted molar refractivity (Wildman–Crippen MR) is 124 cm³/mol. The largest absolute Gasteiger partial charge is 0.472 e. The summed E-state index contributed by atoms with van der Waals surface area (Å²) in [6.45, 7) is 7.10. The summed E-state index contributed by atoms with van der Waals surface area (Å²) in [7, 11) is 1.74. The van der Waals surface area contributed by atoms with Crippen LogP contribution in [0.5, 0.6) is 5.88 Å². The van der Waals surface area contributed by atoms with Crippen molar-refractivity contribution in [3.05, 3.63) is 29.5 Å². The summed E-state index contributed by atoms with van der Waals surface area (Å²) in [5.74, 6) is 0.0294. The summed E-state index contributed by atoms with van der Waals surface area (Å²) >= 11 is 0. The summed E-state index contributed by atoms with van der Waals surface area (Å²) in [5, 5.41) is 12.7. The minimum atomic E-state index is -0.350. The average molecular weight is 445 g/mol. The molecule has 2 aliphatic rings. The van der Waals surface area contributed by atoms with E-state index in [2.05, 4.69) is 16.4 Å². The van der Waals surface area contributed by atoms with Crippen LogP contribution in [0.3, 0.4) is 0 Å². The maximum atomic E-state index is 13.5. The fraction of sp³-hybridized carbons (Fsp3) is 0.625. The second-order valence-electron chi connectivity index (χ2n) is 8.93. The third kappa shape index (κ3) is 5.41. The smallest absolute Gasteiger partial charge is 0.317 e. The van der Waals surface area contributed by atoms with E-state index in [1.807, 2.05) is 26.8 Å². The third-order valence-electron chi connectivity index (χ3n) is 6.26. The van der Waals surface area contributed by atoms with Crippen molar-refractivity contribution in [2.24, 2.45) is 5.92 Å². The van der Waals surface area contributed by atoms with Crippen molar-refractivity contribution in [2.45, 2.75) is 58.6 Å². The van der Waals surface area contributed by atoms with E-state index in [0.717, 1.165) is 31.2 Å². The van der Waals surface area contributed by atoms with Crippen LogP contribution in [-0.2, 0) is 0 Å². The number of hydrogen-bond acceptors (Lipinski definition) is 5. The Kier molecular flexibility index (Phi) is 8.12. The van der Waals surface area contributed by atoms with Crippen molar-refractivity contribution in [2.75, 3.05) is 33.3 Å². The van der Waals surface area contributed by atoms with Crippen molar-refractivity contribution in [3.8, 4) is 5.88 Å². The minimum Gasteiger partial charge on any atom is -0.472 e. The second kappa shape index (κ2) is 10.8. The van der Waals surface area contributed by atoms with E-state index in [1.54, 1.807) is 23.0 Å². The molecule has 3 atom stereocenters. The molecule has 1 aromatic rings. The van der Waals surface area contributed by atoms with Crippen LogP contribution >= 0.6 is 0 Å². The van der Waals surface area contributed by atoms with Gasteiger partial charge < -0.3 is 25.0 Å². The maximum absolute atomic E-state index is 13.5. The van der Waals surface area contributed by atoms with Crippen LogP contribution in [0.25, 0.3) is 5.57 Å². The van der Waals surface area contributed by atoms with Gasteiger partial charge in [0, 0.05) is 32.3 Å². The first-order valence-electron chi connectivity index (χ1n) is 11.6. The van der Waals surface area contributed by atoms with Crippen molar-refractivity contribution in [3.63, 3.8) is 0 Å². The van der Waals surface area contributed by atoms with Crippen LogP contribution in [0.1, 0.15) is 62.4 Å². The number of amides is 3. The molecule has 2 N–H and O–H groups in total. The maximum Gasteiger partial charge on any atom is 0.317 e. The van der Waals surface area contributed by atoms with E-state index in [1.165, 1.54) is 5.57 Å². The van der Waals surface area contributed by atoms with E-state index in [-0.39, 0.29) is 42.5 Å². The van der Waals surface area contributed by atoms with Crippen LogP contribution < -0.4 is 10.1 Å². The van der Waals surface area contributed by atoms with E-state index in [9.17, 15) is 14.7 Å². The number of pyridine rings is 1. The summed E-state index contributed by atoms with van der Waals surface area (Å²) < 4.78 is 6.26. The number of allylic oxidation sites excluding steroid dienone is 2. The van der Waals surface area contributed by atoms with Gasteiger partial charge in [-0.25, -0.2) is 9.78 Å². The molecule has 1 aromatic heterocycles. The molecule has 3 rings (SSSR count). The Morgan fingerprint density at radius 2 is 2.25 bits per heavy atom. The van der Waals surface area contributed by atoms with Crippen LogP contribution in [0, 0.1) is 5.92 Å². The molecular weight excluding hydrogens is 408 g/mol. The molecule has 1 aliphatic carbocycles. The number of hydrogen-bond donors (Lipinski definition) is 2. The van der Waals surface area contributed by atoms with E-state index in [4.69, 9.17) is 4.74 Å². The molecule has 0 aromatic carbocycles. The molecule has 1 aliphatic heterocycles. The van der Waals surface area contributed by atoms with Crippen molar-refractivity contribution < 1.29 is 19.4 Å². The zero-order valence-electron chi connectivity index (χ0n) is 19.6. The quantitative estimate of drug-likeness (QED) is 0.674. The number of nitrogens with zero attached hydrogens (tertiary/aromatic N) is 3. The van der Waals surface area contributed by atoms with Gasteiger partial charge in [0.15, 0.2) is 0 Å². The number of nitrogens with one attached hydrogen (secondary N) is 1. The first-order chi connectivity index (χ1) is 15.3. The topological polar surface area (TPSA) is 95.0 Å². The van der Waals surface area contributed by atoms with Gasteiger partial charge in [0.25, 0.3) is 5.91 Å². The molecule has 0 saturated carbocycles. The number of fused-ring (bicyclic) bond motifs is 1. The molecule has 0 fully saturated rings. The lowest BCUT2D eigenvalue weighted by molar-refractivity contribution is 0.0352. The van der Waals surface area contributed by atoms with Crippen molar-refractivity contribution >= 4 is 17.5 Å². The SMILES string of the molecule is CCCNC(=O)N(C)C[C@@H]1Oc2ncc(C3=CCCC3)cc2C(=O)N([C@H](C)CO)C[C@H]1C. The van der Waals surface area contributed by atoms with Crippen molar-refractivity contribution in [1.29, 1.82) is 0 Å². The van der Waals surface area contributed by atoms with Gasteiger partial charge in [-0.2, -0.15) is 0 Å². The zero-order valence-corrected chi connectivity index (χ0v) is 19.6. The lowest BCUT2D eigenvalue weighted by Crippen LogP contribution is -2.51. The third-order valence-corrected chi connectivity index (χ3v) is 6.26. The summed E-state index contributed by atoms with van der Waals surface area (Å²) in [4.78, 5) is 33.7. The van der Waals surface area contributed by atoms with Gasteiger partial charge in [-0.05, 0) is 49.8 Å². The second-order valence-corrected chi connectivity index (χ2v) is 8.93. The summed E-state index contributed by atoms with van der Waals surface area (Å²) in [6.07, 6.45) is 7.60. The molecule has 0 spiro atoms. The lowest BCUT2D eigenvalue weighted by atomic mass is 9.99. The highest BCUT2D eigenvalue weighted by atomic mass is 16.5. The highest BCUT2D eigenvalue weighted by Crippen LogP contribution is 2.32. The standard InChI is InChI=1S/C24H36N4O4/c1-5-10-25-24(31)27(4)14-21-16(2)13-28(17(3)15-29)23(30)20-11-19(12-26-22(20)32-21)18-8-6-7-9-18/h8,11-12,16-17,21,29H,5-7,9-10,13-15H2,1-4H3,(H,25,31)/t16-,17-,21+/m1/s1. The van der Waals surface area contributed by atoms with Gasteiger partial charge in [0.05, 0.1) is 19.2 Å². The molecule has 8 heteroatoms. The molecule has 32 heavy (non-hydrogen) atoms. The van der Waals surface area contributed by atoms with Gasteiger partial charge in [-0.3, -0.25) is 4.79 Å². The fourth-order valence-electron chi connectivity index (χ4n) is 4.15. The highest BCUT2D eigenvalue weighted by Gasteiger charge is 2.34. The highest BCUT2D eigenvalue weighted by molar-refractivity contribution is 5.97. The number of aliphatic hydroxyl groups excluding tert-OH is 1. The monoisotopic (exact) mass is 444 g/mol. The summed E-state index contributed by atoms with van der Waals surface area (Å²) in [6, 6.07) is 1.37. The number of urea groups is 1. The van der Waals surface area contributed by atoms with Crippen LogP contribution in [0.15, 0.2) is 18.3 Å². The van der Waals surface area contributed by atoms with Crippen LogP contribution in [0.4, 0.5) is 4.79 Å². The molecule has 0 radical (unpaired) electrons. The van der Waals surface area contributed by atoms with Crippen molar-refractivity contribution in [1.82, 2.24) is 20.1 Å². The van der Waals surface area contributed by atoms with Crippen LogP contribution in [0.2, 0.25) is 0 Å². The molecule has 176 valence electrons. The van der Waals surface area contributed by atoms with Gasteiger partial charge >= 0.3 is 6.03 Å². The Balaban J connectivity index is 1.92. The number of carbonyl (C=O) groups is 2. The predicted octanol–water partition coefficient (Wildman–Crippen LogP) is 2.92. The minimum absolute atomic E-state index is 0.0680. The normalized spacial score (nSPS) is 21.7. The molecular formula is C24H36N4O4.